The molecule has 0 aliphatic heterocycles. The molecule has 0 amide bonds. The van der Waals surface area contributed by atoms with E-state index in [-0.39, 0.29) is 12.4 Å². The van der Waals surface area contributed by atoms with Gasteiger partial charge in [0.15, 0.2) is 0 Å². The molecule has 0 unspecified atom stereocenters. The largest absolute Gasteiger partial charge is 0.361 e. The molecule has 27 heavy (non-hydrogen) atoms. The Bertz CT molecular complexity index is 949. The van der Waals surface area contributed by atoms with Crippen LogP contribution in [0.15, 0.2) is 29.0 Å². The molecule has 3 aromatic rings. The van der Waals surface area contributed by atoms with E-state index in [1.807, 2.05) is 16.7 Å². The number of rotatable bonds is 7. The molecule has 0 aliphatic rings. The van der Waals surface area contributed by atoms with Crippen molar-refractivity contribution in [3.05, 3.63) is 34.7 Å². The third-order valence-corrected chi connectivity index (χ3v) is 6.70. The van der Waals surface area contributed by atoms with Crippen LogP contribution in [-0.2, 0) is 18.5 Å². The maximum absolute atomic E-state index is 13.5. The monoisotopic (exact) mass is 456 g/mol. The number of ether oxygens (including phenoxy) is 1. The lowest BCUT2D eigenvalue weighted by atomic mass is 10.2. The van der Waals surface area contributed by atoms with Gasteiger partial charge in [-0.3, -0.25) is 4.68 Å². The first-order chi connectivity index (χ1) is 12.7. The van der Waals surface area contributed by atoms with Gasteiger partial charge in [0.05, 0.1) is 5.69 Å². The van der Waals surface area contributed by atoms with Gasteiger partial charge in [0.1, 0.15) is 18.1 Å². The van der Waals surface area contributed by atoms with Gasteiger partial charge in [-0.15, -0.1) is 0 Å². The van der Waals surface area contributed by atoms with Gasteiger partial charge >= 0.3 is 0 Å². The maximum Gasteiger partial charge on any atom is 0.282 e. The second-order valence-corrected chi connectivity index (χ2v) is 14.2. The third kappa shape index (κ3) is 4.47. The summed E-state index contributed by atoms with van der Waals surface area (Å²) >= 11 is 3.52. The van der Waals surface area contributed by atoms with E-state index in [0.717, 1.165) is 15.9 Å². The minimum atomic E-state index is -2.66. The number of halogens is 3. The molecular formula is C18H23BrF2N4OSi. The average molecular weight is 457 g/mol. The van der Waals surface area contributed by atoms with Crippen molar-refractivity contribution < 1.29 is 13.5 Å². The minimum Gasteiger partial charge on any atom is -0.361 e. The summed E-state index contributed by atoms with van der Waals surface area (Å²) < 4.78 is 37.0. The molecule has 0 aliphatic carbocycles. The van der Waals surface area contributed by atoms with Gasteiger partial charge in [0.25, 0.3) is 6.43 Å². The summed E-state index contributed by atoms with van der Waals surface area (Å²) in [4.78, 5) is 4.44. The third-order valence-electron chi connectivity index (χ3n) is 4.30. The highest BCUT2D eigenvalue weighted by Crippen LogP contribution is 2.35. The number of hydrogen-bond acceptors (Lipinski definition) is 3. The van der Waals surface area contributed by atoms with Crippen LogP contribution < -0.4 is 0 Å². The molecule has 0 N–H and O–H groups in total. The molecule has 3 rings (SSSR count). The van der Waals surface area contributed by atoms with Gasteiger partial charge in [-0.2, -0.15) is 5.10 Å². The first-order valence-electron chi connectivity index (χ1n) is 8.71. The molecular weight excluding hydrogens is 434 g/mol. The van der Waals surface area contributed by atoms with Crippen LogP contribution in [0.1, 0.15) is 12.1 Å². The number of nitrogens with zero attached hydrogens (tertiary/aromatic N) is 4. The minimum absolute atomic E-state index is 0.236. The Morgan fingerprint density at radius 1 is 1.30 bits per heavy atom. The molecule has 3 heterocycles. The Hall–Kier alpha value is -1.58. The lowest BCUT2D eigenvalue weighted by molar-refractivity contribution is 0.0908. The highest BCUT2D eigenvalue weighted by molar-refractivity contribution is 9.10. The van der Waals surface area contributed by atoms with E-state index in [0.29, 0.717) is 23.5 Å². The molecule has 0 spiro atoms. The van der Waals surface area contributed by atoms with E-state index in [9.17, 15) is 8.78 Å². The maximum atomic E-state index is 13.5. The Labute approximate surface area is 166 Å². The second kappa shape index (κ2) is 7.81. The molecule has 146 valence electrons. The zero-order valence-corrected chi connectivity index (χ0v) is 18.4. The molecule has 9 heteroatoms. The second-order valence-electron chi connectivity index (χ2n) is 7.74. The van der Waals surface area contributed by atoms with Crippen LogP contribution in [-0.4, -0.2) is 34.0 Å². The van der Waals surface area contributed by atoms with Crippen LogP contribution in [0.5, 0.6) is 0 Å². The number of alkyl halides is 2. The molecule has 0 aromatic carbocycles. The van der Waals surface area contributed by atoms with Crippen molar-refractivity contribution in [2.75, 3.05) is 6.61 Å². The fourth-order valence-electron chi connectivity index (χ4n) is 2.87. The summed E-state index contributed by atoms with van der Waals surface area (Å²) in [5.41, 5.74) is 1.48. The van der Waals surface area contributed by atoms with E-state index < -0.39 is 14.5 Å². The van der Waals surface area contributed by atoms with Crippen LogP contribution >= 0.6 is 15.9 Å². The fraction of sp³-hybridized carbons (Fsp3) is 0.444. The number of fused-ring (bicyclic) bond motifs is 1. The van der Waals surface area contributed by atoms with Crippen molar-refractivity contribution in [2.45, 2.75) is 38.8 Å². The van der Waals surface area contributed by atoms with Crippen molar-refractivity contribution in [3.63, 3.8) is 0 Å². The fourth-order valence-corrected chi connectivity index (χ4v) is 4.04. The van der Waals surface area contributed by atoms with Crippen LogP contribution in [0.3, 0.4) is 0 Å². The van der Waals surface area contributed by atoms with Crippen LogP contribution in [0.25, 0.3) is 22.3 Å². The van der Waals surface area contributed by atoms with Gasteiger partial charge in [0.2, 0.25) is 0 Å². The molecule has 0 saturated carbocycles. The normalized spacial score (nSPS) is 12.4. The SMILES string of the molecule is Cn1cc(-c2cc3c(Br)ccnc3n2COCC[Si](C)(C)C)c(C(F)F)n1. The van der Waals surface area contributed by atoms with Gasteiger partial charge in [-0.1, -0.05) is 19.6 Å². The molecule has 0 bridgehead atoms. The zero-order chi connectivity index (χ0) is 19.8. The molecule has 0 atom stereocenters. The first-order valence-corrected chi connectivity index (χ1v) is 13.2. The molecule has 0 fully saturated rings. The number of pyridine rings is 1. The van der Waals surface area contributed by atoms with E-state index >= 15 is 0 Å². The van der Waals surface area contributed by atoms with Crippen molar-refractivity contribution in [2.24, 2.45) is 7.05 Å². The molecule has 0 saturated heterocycles. The predicted molar refractivity (Wildman–Crippen MR) is 109 cm³/mol. The predicted octanol–water partition coefficient (Wildman–Crippen LogP) is 5.45. The van der Waals surface area contributed by atoms with Crippen molar-refractivity contribution in [1.29, 1.82) is 0 Å². The summed E-state index contributed by atoms with van der Waals surface area (Å²) in [6.45, 7) is 7.75. The highest BCUT2D eigenvalue weighted by atomic mass is 79.9. The van der Waals surface area contributed by atoms with Crippen LogP contribution in [0, 0.1) is 0 Å². The quantitative estimate of drug-likeness (QED) is 0.350. The Balaban J connectivity index is 2.03. The van der Waals surface area contributed by atoms with E-state index in [1.165, 1.54) is 4.68 Å². The summed E-state index contributed by atoms with van der Waals surface area (Å²) in [5.74, 6) is 0. The van der Waals surface area contributed by atoms with Crippen molar-refractivity contribution in [1.82, 2.24) is 19.3 Å². The molecule has 0 radical (unpaired) electrons. The lowest BCUT2D eigenvalue weighted by Crippen LogP contribution is -2.22. The number of aryl methyl sites for hydroxylation is 1. The summed E-state index contributed by atoms with van der Waals surface area (Å²) in [5, 5.41) is 4.79. The standard InChI is InChI=1S/C18H23BrF2N4OSi/c1-24-10-13(16(23-24)17(20)21)15-9-12-14(19)5-6-22-18(12)25(15)11-26-7-8-27(2,3)4/h5-6,9-10,17H,7-8,11H2,1-4H3. The summed E-state index contributed by atoms with van der Waals surface area (Å²) in [6, 6.07) is 4.73. The Morgan fingerprint density at radius 3 is 2.70 bits per heavy atom. The van der Waals surface area contributed by atoms with Crippen molar-refractivity contribution in [3.8, 4) is 11.3 Å². The van der Waals surface area contributed by atoms with Gasteiger partial charge in [-0.05, 0) is 34.1 Å². The van der Waals surface area contributed by atoms with Gasteiger partial charge < -0.3 is 9.30 Å². The summed E-state index contributed by atoms with van der Waals surface area (Å²) in [7, 11) is 0.430. The van der Waals surface area contributed by atoms with Crippen LogP contribution in [0.4, 0.5) is 8.78 Å². The van der Waals surface area contributed by atoms with Crippen molar-refractivity contribution >= 4 is 35.0 Å². The van der Waals surface area contributed by atoms with Gasteiger partial charge in [-0.25, -0.2) is 13.8 Å². The van der Waals surface area contributed by atoms with Gasteiger partial charge in [0, 0.05) is 49.5 Å². The summed E-state index contributed by atoms with van der Waals surface area (Å²) in [6.07, 6.45) is 0.644. The number of aromatic nitrogens is 4. The van der Waals surface area contributed by atoms with E-state index in [4.69, 9.17) is 4.74 Å². The van der Waals surface area contributed by atoms with Crippen LogP contribution in [0.2, 0.25) is 25.7 Å². The molecule has 5 nitrogen and oxygen atoms in total. The average Bonchev–Trinajstić information content (AvgIpc) is 3.12. The van der Waals surface area contributed by atoms with E-state index in [1.54, 1.807) is 19.4 Å². The smallest absolute Gasteiger partial charge is 0.282 e. The Kier molecular flexibility index (Phi) is 5.83. The first kappa shape index (κ1) is 20.2. The topological polar surface area (TPSA) is 44.9 Å². The number of hydrogen-bond donors (Lipinski definition) is 0. The zero-order valence-electron chi connectivity index (χ0n) is 15.8. The highest BCUT2D eigenvalue weighted by Gasteiger charge is 2.23. The van der Waals surface area contributed by atoms with E-state index in [2.05, 4.69) is 45.7 Å². The lowest BCUT2D eigenvalue weighted by Gasteiger charge is -2.16. The Morgan fingerprint density at radius 2 is 2.04 bits per heavy atom. The molecule has 3 aromatic heterocycles.